The molecule has 1 aliphatic heterocycles. The fourth-order valence-corrected chi connectivity index (χ4v) is 1.77. The average Bonchev–Trinajstić information content (AvgIpc) is 2.24. The molecule has 3 N–H and O–H groups in total. The van der Waals surface area contributed by atoms with E-state index in [1.165, 1.54) is 0 Å². The number of carbonyl (C=O) groups is 2. The lowest BCUT2D eigenvalue weighted by Gasteiger charge is -2.31. The summed E-state index contributed by atoms with van der Waals surface area (Å²) in [6, 6.07) is 0.0750. The molecule has 17 heavy (non-hydrogen) atoms. The van der Waals surface area contributed by atoms with Gasteiger partial charge in [0.15, 0.2) is 0 Å². The van der Waals surface area contributed by atoms with Crippen LogP contribution < -0.4 is 11.1 Å². The van der Waals surface area contributed by atoms with E-state index in [1.807, 2.05) is 20.8 Å². The second-order valence-electron chi connectivity index (χ2n) is 5.67. The van der Waals surface area contributed by atoms with Crippen molar-refractivity contribution in [1.82, 2.24) is 10.2 Å². The SMILES string of the molecule is CC(C)(C)C(=O)NCC(=O)N1CCCC(N)C1. The molecule has 1 rings (SSSR count). The van der Waals surface area contributed by atoms with E-state index in [0.717, 1.165) is 19.4 Å². The Morgan fingerprint density at radius 2 is 2.06 bits per heavy atom. The van der Waals surface area contributed by atoms with Gasteiger partial charge in [0.25, 0.3) is 0 Å². The lowest BCUT2D eigenvalue weighted by molar-refractivity contribution is -0.135. The molecule has 1 aliphatic rings. The van der Waals surface area contributed by atoms with Gasteiger partial charge in [0.05, 0.1) is 6.54 Å². The Morgan fingerprint density at radius 3 is 2.59 bits per heavy atom. The lowest BCUT2D eigenvalue weighted by Crippen LogP contribution is -2.49. The fourth-order valence-electron chi connectivity index (χ4n) is 1.77. The van der Waals surface area contributed by atoms with Gasteiger partial charge in [-0.25, -0.2) is 0 Å². The predicted molar refractivity (Wildman–Crippen MR) is 66.3 cm³/mol. The Balaban J connectivity index is 2.37. The molecule has 98 valence electrons. The van der Waals surface area contributed by atoms with Crippen molar-refractivity contribution in [2.45, 2.75) is 39.7 Å². The Hall–Kier alpha value is -1.10. The molecule has 2 amide bonds. The minimum absolute atomic E-state index is 0.0437. The van der Waals surface area contributed by atoms with Gasteiger partial charge in [0, 0.05) is 24.5 Å². The Bertz CT molecular complexity index is 297. The maximum absolute atomic E-state index is 11.8. The molecule has 0 aromatic carbocycles. The number of piperidine rings is 1. The summed E-state index contributed by atoms with van der Waals surface area (Å²) >= 11 is 0. The van der Waals surface area contributed by atoms with E-state index in [1.54, 1.807) is 4.90 Å². The van der Waals surface area contributed by atoms with Crippen LogP contribution in [0.15, 0.2) is 0 Å². The number of hydrogen-bond donors (Lipinski definition) is 2. The molecule has 1 heterocycles. The monoisotopic (exact) mass is 241 g/mol. The first kappa shape index (κ1) is 14.0. The summed E-state index contributed by atoms with van der Waals surface area (Å²) in [7, 11) is 0. The van der Waals surface area contributed by atoms with Crippen molar-refractivity contribution in [3.63, 3.8) is 0 Å². The maximum atomic E-state index is 11.8. The number of nitrogens with one attached hydrogen (secondary N) is 1. The van der Waals surface area contributed by atoms with Crippen LogP contribution in [-0.2, 0) is 9.59 Å². The van der Waals surface area contributed by atoms with Gasteiger partial charge < -0.3 is 16.0 Å². The van der Waals surface area contributed by atoms with Crippen LogP contribution in [0.5, 0.6) is 0 Å². The van der Waals surface area contributed by atoms with Crippen LogP contribution in [0.2, 0.25) is 0 Å². The van der Waals surface area contributed by atoms with Crippen LogP contribution >= 0.6 is 0 Å². The number of rotatable bonds is 2. The van der Waals surface area contributed by atoms with E-state index in [4.69, 9.17) is 5.73 Å². The summed E-state index contributed by atoms with van der Waals surface area (Å²) in [6.07, 6.45) is 1.91. The van der Waals surface area contributed by atoms with E-state index in [-0.39, 0.29) is 24.4 Å². The highest BCUT2D eigenvalue weighted by Crippen LogP contribution is 2.12. The van der Waals surface area contributed by atoms with E-state index >= 15 is 0 Å². The van der Waals surface area contributed by atoms with Crippen LogP contribution in [0.3, 0.4) is 0 Å². The minimum atomic E-state index is -0.460. The van der Waals surface area contributed by atoms with Gasteiger partial charge in [0.2, 0.25) is 11.8 Å². The molecule has 0 bridgehead atoms. The Kier molecular flexibility index (Phi) is 4.51. The van der Waals surface area contributed by atoms with E-state index in [2.05, 4.69) is 5.32 Å². The average molecular weight is 241 g/mol. The first-order valence-corrected chi connectivity index (χ1v) is 6.12. The standard InChI is InChI=1S/C12H23N3O2/c1-12(2,3)11(17)14-7-10(16)15-6-4-5-9(13)8-15/h9H,4-8,13H2,1-3H3,(H,14,17). The van der Waals surface area contributed by atoms with Crippen molar-refractivity contribution in [1.29, 1.82) is 0 Å². The number of nitrogens with zero attached hydrogens (tertiary/aromatic N) is 1. The third-order valence-corrected chi connectivity index (χ3v) is 2.89. The zero-order valence-corrected chi connectivity index (χ0v) is 11.0. The van der Waals surface area contributed by atoms with Crippen molar-refractivity contribution in [2.24, 2.45) is 11.1 Å². The first-order valence-electron chi connectivity index (χ1n) is 6.12. The molecule has 0 saturated carbocycles. The number of nitrogens with two attached hydrogens (primary N) is 1. The molecule has 5 nitrogen and oxygen atoms in total. The lowest BCUT2D eigenvalue weighted by atomic mass is 9.96. The molecule has 1 fully saturated rings. The van der Waals surface area contributed by atoms with Crippen molar-refractivity contribution in [2.75, 3.05) is 19.6 Å². The number of amides is 2. The number of carbonyl (C=O) groups excluding carboxylic acids is 2. The third-order valence-electron chi connectivity index (χ3n) is 2.89. The maximum Gasteiger partial charge on any atom is 0.242 e. The largest absolute Gasteiger partial charge is 0.347 e. The molecule has 0 aromatic heterocycles. The summed E-state index contributed by atoms with van der Waals surface area (Å²) in [6.45, 7) is 6.89. The molecule has 0 aliphatic carbocycles. The quantitative estimate of drug-likeness (QED) is 0.720. The summed E-state index contributed by atoms with van der Waals surface area (Å²) in [4.78, 5) is 25.2. The Morgan fingerprint density at radius 1 is 1.41 bits per heavy atom. The van der Waals surface area contributed by atoms with E-state index in [9.17, 15) is 9.59 Å². The summed E-state index contributed by atoms with van der Waals surface area (Å²) in [5, 5.41) is 2.66. The van der Waals surface area contributed by atoms with Crippen molar-refractivity contribution in [3.05, 3.63) is 0 Å². The zero-order chi connectivity index (χ0) is 13.1. The molecule has 1 unspecified atom stereocenters. The van der Waals surface area contributed by atoms with Gasteiger partial charge in [-0.1, -0.05) is 20.8 Å². The molecule has 1 saturated heterocycles. The topological polar surface area (TPSA) is 75.4 Å². The highest BCUT2D eigenvalue weighted by atomic mass is 16.2. The molecular formula is C12H23N3O2. The van der Waals surface area contributed by atoms with Gasteiger partial charge in [-0.2, -0.15) is 0 Å². The van der Waals surface area contributed by atoms with Crippen LogP contribution in [0.25, 0.3) is 0 Å². The van der Waals surface area contributed by atoms with Gasteiger partial charge in [-0.15, -0.1) is 0 Å². The van der Waals surface area contributed by atoms with Gasteiger partial charge in [-0.3, -0.25) is 9.59 Å². The van der Waals surface area contributed by atoms with Crippen molar-refractivity contribution < 1.29 is 9.59 Å². The molecule has 0 radical (unpaired) electrons. The normalized spacial score (nSPS) is 21.2. The summed E-state index contributed by atoms with van der Waals surface area (Å²) in [5.41, 5.74) is 5.35. The summed E-state index contributed by atoms with van der Waals surface area (Å²) < 4.78 is 0. The van der Waals surface area contributed by atoms with Crippen LogP contribution in [0, 0.1) is 5.41 Å². The molecule has 1 atom stereocenters. The third kappa shape index (κ3) is 4.34. The predicted octanol–water partition coefficient (Wildman–Crippen LogP) is 0.0984. The van der Waals surface area contributed by atoms with Crippen LogP contribution in [0.1, 0.15) is 33.6 Å². The van der Waals surface area contributed by atoms with Crippen LogP contribution in [0.4, 0.5) is 0 Å². The molecule has 0 spiro atoms. The van der Waals surface area contributed by atoms with Gasteiger partial charge >= 0.3 is 0 Å². The van der Waals surface area contributed by atoms with E-state index < -0.39 is 5.41 Å². The van der Waals surface area contributed by atoms with Crippen LogP contribution in [-0.4, -0.2) is 42.4 Å². The second kappa shape index (κ2) is 5.49. The van der Waals surface area contributed by atoms with Gasteiger partial charge in [0.1, 0.15) is 0 Å². The highest BCUT2D eigenvalue weighted by molar-refractivity contribution is 5.87. The van der Waals surface area contributed by atoms with E-state index in [0.29, 0.717) is 6.54 Å². The molecule has 0 aromatic rings. The Labute approximate surface area is 103 Å². The van der Waals surface area contributed by atoms with Crippen molar-refractivity contribution in [3.8, 4) is 0 Å². The molecule has 5 heteroatoms. The number of hydrogen-bond acceptors (Lipinski definition) is 3. The highest BCUT2D eigenvalue weighted by Gasteiger charge is 2.24. The number of likely N-dealkylation sites (tertiary alicyclic amines) is 1. The molecular weight excluding hydrogens is 218 g/mol. The minimum Gasteiger partial charge on any atom is -0.347 e. The fraction of sp³-hybridized carbons (Fsp3) is 0.833. The zero-order valence-electron chi connectivity index (χ0n) is 11.0. The van der Waals surface area contributed by atoms with Gasteiger partial charge in [-0.05, 0) is 12.8 Å². The second-order valence-corrected chi connectivity index (χ2v) is 5.67. The van der Waals surface area contributed by atoms with Crippen molar-refractivity contribution >= 4 is 11.8 Å². The smallest absolute Gasteiger partial charge is 0.242 e. The summed E-state index contributed by atoms with van der Waals surface area (Å²) in [5.74, 6) is -0.148. The first-order chi connectivity index (χ1) is 7.80.